The minimum atomic E-state index is -0.444. The summed E-state index contributed by atoms with van der Waals surface area (Å²) in [6, 6.07) is 6.09. The van der Waals surface area contributed by atoms with Gasteiger partial charge in [0, 0.05) is 12.7 Å². The van der Waals surface area contributed by atoms with Crippen LogP contribution in [0.1, 0.15) is 19.0 Å². The number of amides is 1. The molecule has 112 valence electrons. The molecule has 0 unspecified atom stereocenters. The van der Waals surface area contributed by atoms with Gasteiger partial charge in [-0.15, -0.1) is 0 Å². The van der Waals surface area contributed by atoms with Gasteiger partial charge in [-0.2, -0.15) is 0 Å². The number of benzene rings is 1. The van der Waals surface area contributed by atoms with Gasteiger partial charge in [0.2, 0.25) is 5.91 Å². The summed E-state index contributed by atoms with van der Waals surface area (Å²) in [5.41, 5.74) is 1.06. The van der Waals surface area contributed by atoms with Crippen LogP contribution >= 0.6 is 0 Å². The lowest BCUT2D eigenvalue weighted by Crippen LogP contribution is -2.18. The highest BCUT2D eigenvalue weighted by atomic mass is 19.1. The molecular formula is C15H19FN4O. The predicted octanol–water partition coefficient (Wildman–Crippen LogP) is 2.16. The van der Waals surface area contributed by atoms with Crippen LogP contribution in [0.5, 0.6) is 0 Å². The van der Waals surface area contributed by atoms with E-state index in [9.17, 15) is 9.18 Å². The number of halogens is 1. The van der Waals surface area contributed by atoms with Gasteiger partial charge < -0.3 is 15.2 Å². The van der Waals surface area contributed by atoms with E-state index in [0.29, 0.717) is 6.54 Å². The van der Waals surface area contributed by atoms with E-state index in [0.717, 1.165) is 18.7 Å². The Morgan fingerprint density at radius 1 is 1.38 bits per heavy atom. The Hall–Kier alpha value is -2.21. The van der Waals surface area contributed by atoms with Crippen molar-refractivity contribution in [3.63, 3.8) is 0 Å². The maximum Gasteiger partial charge on any atom is 0.244 e. The lowest BCUT2D eigenvalue weighted by atomic mass is 10.3. The van der Waals surface area contributed by atoms with E-state index in [2.05, 4.69) is 22.5 Å². The third kappa shape index (κ3) is 4.68. The Bertz CT molecular complexity index is 597. The number of carbonyl (C=O) groups is 1. The molecule has 1 heterocycles. The predicted molar refractivity (Wildman–Crippen MR) is 79.3 cm³/mol. The van der Waals surface area contributed by atoms with Gasteiger partial charge in [0.1, 0.15) is 12.4 Å². The number of para-hydroxylation sites is 1. The standard InChI is InChI=1S/C15H19FN4O/c1-2-7-17-8-12-9-20(11-18-12)10-15(21)19-14-6-4-3-5-13(14)16/h3-6,9,11,17H,2,7-8,10H2,1H3,(H,19,21). The summed E-state index contributed by atoms with van der Waals surface area (Å²) in [5.74, 6) is -0.730. The van der Waals surface area contributed by atoms with Crippen LogP contribution in [0, 0.1) is 5.82 Å². The summed E-state index contributed by atoms with van der Waals surface area (Å²) >= 11 is 0. The van der Waals surface area contributed by atoms with Gasteiger partial charge in [-0.25, -0.2) is 9.37 Å². The second-order valence-electron chi connectivity index (χ2n) is 4.74. The van der Waals surface area contributed by atoms with E-state index >= 15 is 0 Å². The molecule has 0 radical (unpaired) electrons. The largest absolute Gasteiger partial charge is 0.328 e. The SMILES string of the molecule is CCCNCc1cn(CC(=O)Nc2ccccc2F)cn1. The van der Waals surface area contributed by atoms with E-state index in [1.165, 1.54) is 12.1 Å². The third-order valence-electron chi connectivity index (χ3n) is 2.89. The number of carbonyl (C=O) groups excluding carboxylic acids is 1. The van der Waals surface area contributed by atoms with Crippen LogP contribution in [0.2, 0.25) is 0 Å². The number of aromatic nitrogens is 2. The molecule has 0 spiro atoms. The Balaban J connectivity index is 1.87. The molecule has 6 heteroatoms. The zero-order chi connectivity index (χ0) is 15.1. The second kappa shape index (κ2) is 7.54. The Kier molecular flexibility index (Phi) is 5.45. The molecule has 5 nitrogen and oxygen atoms in total. The molecule has 0 saturated heterocycles. The Morgan fingerprint density at radius 3 is 2.95 bits per heavy atom. The third-order valence-corrected chi connectivity index (χ3v) is 2.89. The fourth-order valence-corrected chi connectivity index (χ4v) is 1.90. The van der Waals surface area contributed by atoms with Crippen molar-refractivity contribution >= 4 is 11.6 Å². The van der Waals surface area contributed by atoms with Crippen LogP contribution < -0.4 is 10.6 Å². The number of hydrogen-bond acceptors (Lipinski definition) is 3. The Labute approximate surface area is 123 Å². The first-order valence-electron chi connectivity index (χ1n) is 6.94. The van der Waals surface area contributed by atoms with Crippen LogP contribution in [-0.2, 0) is 17.9 Å². The zero-order valence-electron chi connectivity index (χ0n) is 12.0. The van der Waals surface area contributed by atoms with Crippen LogP contribution in [0.4, 0.5) is 10.1 Å². The molecule has 0 bridgehead atoms. The molecule has 1 aromatic heterocycles. The number of rotatable bonds is 7. The number of hydrogen-bond donors (Lipinski definition) is 2. The molecule has 1 amide bonds. The molecule has 0 aliphatic rings. The average molecular weight is 290 g/mol. The molecule has 1 aromatic carbocycles. The zero-order valence-corrected chi connectivity index (χ0v) is 12.0. The average Bonchev–Trinajstić information content (AvgIpc) is 2.89. The lowest BCUT2D eigenvalue weighted by Gasteiger charge is -2.06. The normalized spacial score (nSPS) is 10.6. The van der Waals surface area contributed by atoms with Crippen LogP contribution in [-0.4, -0.2) is 22.0 Å². The van der Waals surface area contributed by atoms with Gasteiger partial charge in [0.25, 0.3) is 0 Å². The van der Waals surface area contributed by atoms with Crippen molar-refractivity contribution in [2.45, 2.75) is 26.4 Å². The summed E-state index contributed by atoms with van der Waals surface area (Å²) in [5, 5.41) is 5.78. The van der Waals surface area contributed by atoms with Gasteiger partial charge in [-0.3, -0.25) is 4.79 Å². The fourth-order valence-electron chi connectivity index (χ4n) is 1.90. The maximum absolute atomic E-state index is 13.4. The van der Waals surface area contributed by atoms with Gasteiger partial charge in [0.05, 0.1) is 17.7 Å². The van der Waals surface area contributed by atoms with Crippen molar-refractivity contribution < 1.29 is 9.18 Å². The number of imidazole rings is 1. The monoisotopic (exact) mass is 290 g/mol. The van der Waals surface area contributed by atoms with Gasteiger partial charge in [0.15, 0.2) is 0 Å². The first-order valence-corrected chi connectivity index (χ1v) is 6.94. The molecule has 2 rings (SSSR count). The summed E-state index contributed by atoms with van der Waals surface area (Å²) in [6.45, 7) is 3.81. The minimum absolute atomic E-state index is 0.106. The molecule has 21 heavy (non-hydrogen) atoms. The quantitative estimate of drug-likeness (QED) is 0.768. The molecule has 0 saturated carbocycles. The van der Waals surface area contributed by atoms with E-state index in [1.807, 2.05) is 6.20 Å². The fraction of sp³-hybridized carbons (Fsp3) is 0.333. The van der Waals surface area contributed by atoms with Crippen molar-refractivity contribution in [2.24, 2.45) is 0 Å². The van der Waals surface area contributed by atoms with E-state index in [1.54, 1.807) is 23.0 Å². The molecule has 2 aromatic rings. The van der Waals surface area contributed by atoms with E-state index < -0.39 is 5.82 Å². The lowest BCUT2D eigenvalue weighted by molar-refractivity contribution is -0.116. The molecule has 0 aliphatic heterocycles. The highest BCUT2D eigenvalue weighted by molar-refractivity contribution is 5.90. The van der Waals surface area contributed by atoms with Crippen molar-refractivity contribution in [3.8, 4) is 0 Å². The highest BCUT2D eigenvalue weighted by Gasteiger charge is 2.07. The highest BCUT2D eigenvalue weighted by Crippen LogP contribution is 2.12. The number of anilines is 1. The van der Waals surface area contributed by atoms with Crippen LogP contribution in [0.25, 0.3) is 0 Å². The molecule has 0 atom stereocenters. The number of nitrogens with zero attached hydrogens (tertiary/aromatic N) is 2. The smallest absolute Gasteiger partial charge is 0.244 e. The summed E-state index contributed by atoms with van der Waals surface area (Å²) in [4.78, 5) is 16.1. The van der Waals surface area contributed by atoms with E-state index in [-0.39, 0.29) is 18.1 Å². The van der Waals surface area contributed by atoms with Gasteiger partial charge in [-0.05, 0) is 25.1 Å². The van der Waals surface area contributed by atoms with Crippen molar-refractivity contribution in [3.05, 3.63) is 48.3 Å². The van der Waals surface area contributed by atoms with Crippen LogP contribution in [0.15, 0.2) is 36.8 Å². The summed E-state index contributed by atoms with van der Waals surface area (Å²) in [7, 11) is 0. The van der Waals surface area contributed by atoms with Crippen LogP contribution in [0.3, 0.4) is 0 Å². The maximum atomic E-state index is 13.4. The molecular weight excluding hydrogens is 271 g/mol. The number of nitrogens with one attached hydrogen (secondary N) is 2. The summed E-state index contributed by atoms with van der Waals surface area (Å²) < 4.78 is 15.1. The first-order chi connectivity index (χ1) is 10.2. The van der Waals surface area contributed by atoms with Crippen molar-refractivity contribution in [1.82, 2.24) is 14.9 Å². The molecule has 2 N–H and O–H groups in total. The first kappa shape index (κ1) is 15.2. The van der Waals surface area contributed by atoms with E-state index in [4.69, 9.17) is 0 Å². The topological polar surface area (TPSA) is 59.0 Å². The van der Waals surface area contributed by atoms with Crippen molar-refractivity contribution in [2.75, 3.05) is 11.9 Å². The van der Waals surface area contributed by atoms with Crippen molar-refractivity contribution in [1.29, 1.82) is 0 Å². The van der Waals surface area contributed by atoms with Gasteiger partial charge >= 0.3 is 0 Å². The molecule has 0 aliphatic carbocycles. The summed E-state index contributed by atoms with van der Waals surface area (Å²) in [6.07, 6.45) is 4.47. The van der Waals surface area contributed by atoms with Gasteiger partial charge in [-0.1, -0.05) is 19.1 Å². The molecule has 0 fully saturated rings. The second-order valence-corrected chi connectivity index (χ2v) is 4.74. The Morgan fingerprint density at radius 2 is 2.19 bits per heavy atom. The minimum Gasteiger partial charge on any atom is -0.328 e.